The molecule has 1 saturated heterocycles. The van der Waals surface area contributed by atoms with Gasteiger partial charge in [-0.1, -0.05) is 24.3 Å². The standard InChI is InChI=1S/C20H24N2O4S/c1-26-19-9-4-3-8-18(19)21-10-12-22(13-11-21)20(23)17-7-5-6-16(14-17)15-27(2,24)25/h3-9,14H,10-13,15H2,1-2H3. The Balaban J connectivity index is 1.67. The second-order valence-electron chi connectivity index (χ2n) is 6.72. The number of amides is 1. The van der Waals surface area contributed by atoms with Gasteiger partial charge in [0.1, 0.15) is 5.75 Å². The summed E-state index contributed by atoms with van der Waals surface area (Å²) in [7, 11) is -1.48. The Hall–Kier alpha value is -2.54. The quantitative estimate of drug-likeness (QED) is 0.786. The van der Waals surface area contributed by atoms with Gasteiger partial charge >= 0.3 is 0 Å². The third kappa shape index (κ3) is 4.80. The van der Waals surface area contributed by atoms with Crippen LogP contribution in [0.5, 0.6) is 5.75 Å². The number of nitrogens with zero attached hydrogens (tertiary/aromatic N) is 2. The van der Waals surface area contributed by atoms with Gasteiger partial charge in [-0.25, -0.2) is 8.42 Å². The maximum absolute atomic E-state index is 12.8. The molecule has 6 nitrogen and oxygen atoms in total. The molecule has 0 unspecified atom stereocenters. The highest BCUT2D eigenvalue weighted by atomic mass is 32.2. The summed E-state index contributed by atoms with van der Waals surface area (Å²) >= 11 is 0. The summed E-state index contributed by atoms with van der Waals surface area (Å²) in [6.07, 6.45) is 1.19. The molecule has 0 radical (unpaired) electrons. The molecule has 2 aromatic carbocycles. The molecule has 1 aliphatic rings. The fourth-order valence-electron chi connectivity index (χ4n) is 3.32. The molecule has 27 heavy (non-hydrogen) atoms. The highest BCUT2D eigenvalue weighted by Gasteiger charge is 2.24. The van der Waals surface area contributed by atoms with E-state index in [1.807, 2.05) is 29.2 Å². The van der Waals surface area contributed by atoms with Gasteiger partial charge in [-0.15, -0.1) is 0 Å². The molecule has 1 amide bonds. The molecule has 2 aromatic rings. The van der Waals surface area contributed by atoms with Gasteiger partial charge in [0.15, 0.2) is 9.84 Å². The summed E-state index contributed by atoms with van der Waals surface area (Å²) in [5.41, 5.74) is 2.19. The van der Waals surface area contributed by atoms with Gasteiger partial charge in [0.05, 0.1) is 18.6 Å². The smallest absolute Gasteiger partial charge is 0.253 e. The lowest BCUT2D eigenvalue weighted by molar-refractivity contribution is 0.0746. The zero-order chi connectivity index (χ0) is 19.4. The molecule has 0 N–H and O–H groups in total. The van der Waals surface area contributed by atoms with Crippen molar-refractivity contribution in [2.75, 3.05) is 44.4 Å². The maximum Gasteiger partial charge on any atom is 0.253 e. The number of sulfone groups is 1. The van der Waals surface area contributed by atoms with E-state index in [-0.39, 0.29) is 11.7 Å². The highest BCUT2D eigenvalue weighted by molar-refractivity contribution is 7.89. The van der Waals surface area contributed by atoms with Crippen LogP contribution in [0.1, 0.15) is 15.9 Å². The molecule has 0 atom stereocenters. The van der Waals surface area contributed by atoms with Crippen LogP contribution in [-0.2, 0) is 15.6 Å². The second-order valence-corrected chi connectivity index (χ2v) is 8.86. The fraction of sp³-hybridized carbons (Fsp3) is 0.350. The number of para-hydroxylation sites is 2. The van der Waals surface area contributed by atoms with Crippen molar-refractivity contribution in [1.82, 2.24) is 4.90 Å². The maximum atomic E-state index is 12.8. The first-order valence-corrected chi connectivity index (χ1v) is 10.9. The van der Waals surface area contributed by atoms with Crippen molar-refractivity contribution in [3.63, 3.8) is 0 Å². The van der Waals surface area contributed by atoms with E-state index in [0.29, 0.717) is 24.2 Å². The Morgan fingerprint density at radius 3 is 2.41 bits per heavy atom. The Morgan fingerprint density at radius 2 is 1.74 bits per heavy atom. The summed E-state index contributed by atoms with van der Waals surface area (Å²) in [6, 6.07) is 14.7. The van der Waals surface area contributed by atoms with Gasteiger partial charge in [-0.2, -0.15) is 0 Å². The first kappa shape index (κ1) is 19.2. The van der Waals surface area contributed by atoms with Crippen LogP contribution in [0.25, 0.3) is 0 Å². The van der Waals surface area contributed by atoms with E-state index >= 15 is 0 Å². The summed E-state index contributed by atoms with van der Waals surface area (Å²) in [5, 5.41) is 0. The predicted molar refractivity (Wildman–Crippen MR) is 106 cm³/mol. The normalized spacial score (nSPS) is 14.9. The first-order valence-electron chi connectivity index (χ1n) is 8.81. The van der Waals surface area contributed by atoms with Crippen LogP contribution in [0.2, 0.25) is 0 Å². The number of benzene rings is 2. The number of hydrogen-bond donors (Lipinski definition) is 0. The summed E-state index contributed by atoms with van der Waals surface area (Å²) in [6.45, 7) is 2.64. The van der Waals surface area contributed by atoms with Gasteiger partial charge in [0, 0.05) is 38.0 Å². The number of rotatable bonds is 5. The van der Waals surface area contributed by atoms with Crippen LogP contribution in [0.15, 0.2) is 48.5 Å². The van der Waals surface area contributed by atoms with Crippen molar-refractivity contribution in [2.45, 2.75) is 5.75 Å². The Kier molecular flexibility index (Phi) is 5.70. The summed E-state index contributed by atoms with van der Waals surface area (Å²) in [5.74, 6) is 0.700. The van der Waals surface area contributed by atoms with E-state index in [1.165, 1.54) is 6.26 Å². The first-order chi connectivity index (χ1) is 12.9. The minimum atomic E-state index is -3.13. The van der Waals surface area contributed by atoms with E-state index in [4.69, 9.17) is 4.74 Å². The lowest BCUT2D eigenvalue weighted by atomic mass is 10.1. The van der Waals surface area contributed by atoms with Crippen LogP contribution in [0.4, 0.5) is 5.69 Å². The summed E-state index contributed by atoms with van der Waals surface area (Å²) in [4.78, 5) is 16.8. The Morgan fingerprint density at radius 1 is 1.04 bits per heavy atom. The zero-order valence-corrected chi connectivity index (χ0v) is 16.4. The SMILES string of the molecule is COc1ccccc1N1CCN(C(=O)c2cccc(CS(C)(=O)=O)c2)CC1. The second kappa shape index (κ2) is 8.00. The van der Waals surface area contributed by atoms with Crippen molar-refractivity contribution in [3.8, 4) is 5.75 Å². The highest BCUT2D eigenvalue weighted by Crippen LogP contribution is 2.28. The van der Waals surface area contributed by atoms with Crippen LogP contribution < -0.4 is 9.64 Å². The van der Waals surface area contributed by atoms with E-state index in [9.17, 15) is 13.2 Å². The van der Waals surface area contributed by atoms with Crippen molar-refractivity contribution in [1.29, 1.82) is 0 Å². The molecule has 0 saturated carbocycles. The van der Waals surface area contributed by atoms with E-state index in [2.05, 4.69) is 4.90 Å². The Bertz CT molecular complexity index is 919. The number of carbonyl (C=O) groups is 1. The molecule has 1 fully saturated rings. The lowest BCUT2D eigenvalue weighted by Gasteiger charge is -2.36. The van der Waals surface area contributed by atoms with Crippen LogP contribution in [0.3, 0.4) is 0 Å². The van der Waals surface area contributed by atoms with Gasteiger partial charge < -0.3 is 14.5 Å². The molecule has 3 rings (SSSR count). The van der Waals surface area contributed by atoms with Crippen molar-refractivity contribution < 1.29 is 17.9 Å². The molecule has 1 aliphatic heterocycles. The van der Waals surface area contributed by atoms with Gasteiger partial charge in [0.2, 0.25) is 0 Å². The number of methoxy groups -OCH3 is 1. The minimum Gasteiger partial charge on any atom is -0.495 e. The van der Waals surface area contributed by atoms with Crippen LogP contribution >= 0.6 is 0 Å². The number of ether oxygens (including phenoxy) is 1. The molecule has 0 spiro atoms. The zero-order valence-electron chi connectivity index (χ0n) is 15.6. The minimum absolute atomic E-state index is 0.0598. The summed E-state index contributed by atoms with van der Waals surface area (Å²) < 4.78 is 28.4. The third-order valence-electron chi connectivity index (χ3n) is 4.60. The average Bonchev–Trinajstić information content (AvgIpc) is 2.66. The molecular weight excluding hydrogens is 364 g/mol. The predicted octanol–water partition coefficient (Wildman–Crippen LogP) is 2.20. The molecule has 0 bridgehead atoms. The third-order valence-corrected chi connectivity index (χ3v) is 5.45. The lowest BCUT2D eigenvalue weighted by Crippen LogP contribution is -2.48. The van der Waals surface area contributed by atoms with Crippen LogP contribution in [0, 0.1) is 0 Å². The monoisotopic (exact) mass is 388 g/mol. The average molecular weight is 388 g/mol. The molecule has 0 aromatic heterocycles. The number of carbonyl (C=O) groups excluding carboxylic acids is 1. The molecule has 144 valence electrons. The largest absolute Gasteiger partial charge is 0.495 e. The Labute approximate surface area is 160 Å². The molecule has 0 aliphatic carbocycles. The van der Waals surface area contributed by atoms with Gasteiger partial charge in [-0.05, 0) is 29.8 Å². The van der Waals surface area contributed by atoms with Crippen molar-refractivity contribution >= 4 is 21.4 Å². The fourth-order valence-corrected chi connectivity index (χ4v) is 4.11. The van der Waals surface area contributed by atoms with Crippen LogP contribution in [-0.4, -0.2) is 58.8 Å². The molecule has 1 heterocycles. The molecule has 7 heteroatoms. The molecular formula is C20H24N2O4S. The van der Waals surface area contributed by atoms with E-state index in [1.54, 1.807) is 31.4 Å². The van der Waals surface area contributed by atoms with Crippen molar-refractivity contribution in [3.05, 3.63) is 59.7 Å². The number of anilines is 1. The topological polar surface area (TPSA) is 66.9 Å². The van der Waals surface area contributed by atoms with Gasteiger partial charge in [0.25, 0.3) is 5.91 Å². The number of piperazine rings is 1. The van der Waals surface area contributed by atoms with E-state index < -0.39 is 9.84 Å². The van der Waals surface area contributed by atoms with Crippen molar-refractivity contribution in [2.24, 2.45) is 0 Å². The van der Waals surface area contributed by atoms with Gasteiger partial charge in [-0.3, -0.25) is 4.79 Å². The number of hydrogen-bond acceptors (Lipinski definition) is 5. The van der Waals surface area contributed by atoms with E-state index in [0.717, 1.165) is 24.5 Å².